The van der Waals surface area contributed by atoms with E-state index < -0.39 is 36.1 Å². The smallest absolute Gasteiger partial charge is 0.326 e. The quantitative estimate of drug-likeness (QED) is 0.334. The zero-order chi connectivity index (χ0) is 17.8. The molecule has 2 heterocycles. The minimum atomic E-state index is -0.895. The van der Waals surface area contributed by atoms with Crippen LogP contribution in [-0.2, 0) is 30.4 Å². The minimum Gasteiger partial charge on any atom is -0.465 e. The first-order valence-electron chi connectivity index (χ1n) is 8.01. The maximum Gasteiger partial charge on any atom is 0.326 e. The lowest BCUT2D eigenvalue weighted by Crippen LogP contribution is -2.42. The molecule has 0 spiro atoms. The lowest BCUT2D eigenvalue weighted by atomic mass is 9.94. The summed E-state index contributed by atoms with van der Waals surface area (Å²) in [5, 5.41) is 4.92. The van der Waals surface area contributed by atoms with Gasteiger partial charge >= 0.3 is 11.9 Å². The Hall–Kier alpha value is -2.61. The molecule has 0 aliphatic carbocycles. The van der Waals surface area contributed by atoms with E-state index in [0.29, 0.717) is 6.54 Å². The lowest BCUT2D eigenvalue weighted by molar-refractivity contribution is -0.201. The van der Waals surface area contributed by atoms with E-state index in [1.165, 1.54) is 5.06 Å². The van der Waals surface area contributed by atoms with Gasteiger partial charge < -0.3 is 9.47 Å². The Labute approximate surface area is 144 Å². The standard InChI is InChI=1S/C16H18N4O5/c1-2-23-16(22)13-12-14(11(8-18-19-17)24-15(12)21)25-20(13)9-10-6-4-3-5-7-10/h3-7,11-14H,2,8-9H2,1H3/t11-,12-,13+,14-/m1/s1. The van der Waals surface area contributed by atoms with Gasteiger partial charge in [0.05, 0.1) is 19.7 Å². The summed E-state index contributed by atoms with van der Waals surface area (Å²) in [7, 11) is 0. The summed E-state index contributed by atoms with van der Waals surface area (Å²) in [5.41, 5.74) is 9.41. The summed E-state index contributed by atoms with van der Waals surface area (Å²) < 4.78 is 10.3. The normalized spacial score (nSPS) is 28.1. The molecule has 1 aromatic rings. The number of nitrogens with zero attached hydrogens (tertiary/aromatic N) is 4. The summed E-state index contributed by atoms with van der Waals surface area (Å²) in [4.78, 5) is 33.2. The Kier molecular flexibility index (Phi) is 5.18. The van der Waals surface area contributed by atoms with Gasteiger partial charge in [-0.1, -0.05) is 35.4 Å². The first-order valence-corrected chi connectivity index (χ1v) is 8.01. The topological polar surface area (TPSA) is 114 Å². The van der Waals surface area contributed by atoms with Crippen LogP contribution in [0.2, 0.25) is 0 Å². The molecule has 4 atom stereocenters. The molecule has 0 amide bonds. The zero-order valence-electron chi connectivity index (χ0n) is 13.6. The lowest BCUT2D eigenvalue weighted by Gasteiger charge is -2.24. The van der Waals surface area contributed by atoms with E-state index in [1.807, 2.05) is 30.3 Å². The SMILES string of the molecule is CCOC(=O)[C@@H]1[C@H]2C(=O)O[C@H](CN=[N+]=[N-])[C@H]2ON1Cc1ccccc1. The molecule has 9 heteroatoms. The van der Waals surface area contributed by atoms with Crippen molar-refractivity contribution in [2.24, 2.45) is 11.0 Å². The number of cyclic esters (lactones) is 1. The molecule has 3 rings (SSSR count). The molecule has 0 N–H and O–H groups in total. The van der Waals surface area contributed by atoms with Crippen molar-refractivity contribution in [2.45, 2.75) is 31.7 Å². The number of carbonyl (C=O) groups excluding carboxylic acids is 2. The zero-order valence-corrected chi connectivity index (χ0v) is 13.6. The molecule has 2 fully saturated rings. The van der Waals surface area contributed by atoms with Gasteiger partial charge in [0.25, 0.3) is 0 Å². The molecular weight excluding hydrogens is 328 g/mol. The third-order valence-electron chi connectivity index (χ3n) is 4.20. The van der Waals surface area contributed by atoms with Gasteiger partial charge in [0.15, 0.2) is 0 Å². The third kappa shape index (κ3) is 3.43. The summed E-state index contributed by atoms with van der Waals surface area (Å²) in [6, 6.07) is 8.55. The second-order valence-electron chi connectivity index (χ2n) is 5.74. The van der Waals surface area contributed by atoms with Crippen molar-refractivity contribution in [1.82, 2.24) is 5.06 Å². The van der Waals surface area contributed by atoms with E-state index in [2.05, 4.69) is 10.0 Å². The Bertz CT molecular complexity index is 691. The van der Waals surface area contributed by atoms with E-state index in [9.17, 15) is 9.59 Å². The van der Waals surface area contributed by atoms with Gasteiger partial charge in [-0.2, -0.15) is 5.06 Å². The number of esters is 2. The van der Waals surface area contributed by atoms with Crippen LogP contribution in [0, 0.1) is 5.92 Å². The average Bonchev–Trinajstić information content (AvgIpc) is 3.12. The van der Waals surface area contributed by atoms with Gasteiger partial charge in [-0.25, -0.2) is 0 Å². The number of benzene rings is 1. The summed E-state index contributed by atoms with van der Waals surface area (Å²) in [6.45, 7) is 2.17. The van der Waals surface area contributed by atoms with Crippen molar-refractivity contribution in [3.8, 4) is 0 Å². The minimum absolute atomic E-state index is 0.0435. The number of hydrogen-bond acceptors (Lipinski definition) is 7. The molecule has 0 bridgehead atoms. The molecule has 25 heavy (non-hydrogen) atoms. The number of ether oxygens (including phenoxy) is 2. The average molecular weight is 346 g/mol. The van der Waals surface area contributed by atoms with Crippen molar-refractivity contribution >= 4 is 11.9 Å². The monoisotopic (exact) mass is 346 g/mol. The van der Waals surface area contributed by atoms with Gasteiger partial charge in [0, 0.05) is 4.91 Å². The molecule has 2 aliphatic heterocycles. The van der Waals surface area contributed by atoms with Crippen molar-refractivity contribution in [3.63, 3.8) is 0 Å². The van der Waals surface area contributed by atoms with Crippen molar-refractivity contribution in [1.29, 1.82) is 0 Å². The van der Waals surface area contributed by atoms with E-state index in [4.69, 9.17) is 19.8 Å². The highest BCUT2D eigenvalue weighted by Gasteiger charge is 2.60. The van der Waals surface area contributed by atoms with Gasteiger partial charge in [0.1, 0.15) is 24.2 Å². The largest absolute Gasteiger partial charge is 0.465 e. The molecular formula is C16H18N4O5. The number of carbonyl (C=O) groups is 2. The number of hydrogen-bond donors (Lipinski definition) is 0. The van der Waals surface area contributed by atoms with Crippen LogP contribution >= 0.6 is 0 Å². The highest BCUT2D eigenvalue weighted by Crippen LogP contribution is 2.38. The second-order valence-corrected chi connectivity index (χ2v) is 5.74. The predicted octanol–water partition coefficient (Wildman–Crippen LogP) is 1.59. The predicted molar refractivity (Wildman–Crippen MR) is 84.7 cm³/mol. The van der Waals surface area contributed by atoms with Crippen LogP contribution in [0.3, 0.4) is 0 Å². The molecule has 132 valence electrons. The molecule has 2 saturated heterocycles. The van der Waals surface area contributed by atoms with Crippen LogP contribution in [0.5, 0.6) is 0 Å². The molecule has 0 unspecified atom stereocenters. The van der Waals surface area contributed by atoms with Gasteiger partial charge in [-0.3, -0.25) is 14.4 Å². The van der Waals surface area contributed by atoms with Gasteiger partial charge in [-0.15, -0.1) is 0 Å². The van der Waals surface area contributed by atoms with E-state index in [0.717, 1.165) is 5.56 Å². The van der Waals surface area contributed by atoms with Gasteiger partial charge in [-0.05, 0) is 18.0 Å². The maximum atomic E-state index is 12.4. The highest BCUT2D eigenvalue weighted by molar-refractivity contribution is 5.87. The fourth-order valence-electron chi connectivity index (χ4n) is 3.15. The molecule has 0 radical (unpaired) electrons. The Morgan fingerprint density at radius 3 is 2.84 bits per heavy atom. The number of fused-ring (bicyclic) bond motifs is 1. The molecule has 2 aliphatic rings. The number of hydroxylamine groups is 2. The Balaban J connectivity index is 1.85. The van der Waals surface area contributed by atoms with Crippen molar-refractivity contribution in [2.75, 3.05) is 13.2 Å². The molecule has 9 nitrogen and oxygen atoms in total. The highest BCUT2D eigenvalue weighted by atomic mass is 16.7. The van der Waals surface area contributed by atoms with Crippen molar-refractivity contribution in [3.05, 3.63) is 46.3 Å². The first-order chi connectivity index (χ1) is 12.2. The number of azide groups is 1. The van der Waals surface area contributed by atoms with Crippen LogP contribution in [0.4, 0.5) is 0 Å². The summed E-state index contributed by atoms with van der Waals surface area (Å²) in [6.07, 6.45) is -1.40. The Morgan fingerprint density at radius 1 is 1.40 bits per heavy atom. The molecule has 0 aromatic heterocycles. The van der Waals surface area contributed by atoms with Crippen molar-refractivity contribution < 1.29 is 23.9 Å². The van der Waals surface area contributed by atoms with Gasteiger partial charge in [0.2, 0.25) is 0 Å². The van der Waals surface area contributed by atoms with Crippen LogP contribution in [0.25, 0.3) is 10.4 Å². The maximum absolute atomic E-state index is 12.4. The van der Waals surface area contributed by atoms with Crippen LogP contribution < -0.4 is 0 Å². The molecule has 0 saturated carbocycles. The fourth-order valence-corrected chi connectivity index (χ4v) is 3.15. The third-order valence-corrected chi connectivity index (χ3v) is 4.20. The van der Waals surface area contributed by atoms with E-state index in [1.54, 1.807) is 6.92 Å². The number of rotatable bonds is 6. The summed E-state index contributed by atoms with van der Waals surface area (Å²) >= 11 is 0. The van der Waals surface area contributed by atoms with Crippen LogP contribution in [0.15, 0.2) is 35.4 Å². The van der Waals surface area contributed by atoms with E-state index >= 15 is 0 Å². The Morgan fingerprint density at radius 2 is 2.16 bits per heavy atom. The first kappa shape index (κ1) is 17.2. The fraction of sp³-hybridized carbons (Fsp3) is 0.500. The van der Waals surface area contributed by atoms with Crippen LogP contribution in [0.1, 0.15) is 12.5 Å². The van der Waals surface area contributed by atoms with E-state index in [-0.39, 0.29) is 13.2 Å². The second kappa shape index (κ2) is 7.52. The van der Waals surface area contributed by atoms with Crippen LogP contribution in [-0.4, -0.2) is 48.4 Å². The molecule has 1 aromatic carbocycles. The summed E-state index contributed by atoms with van der Waals surface area (Å²) in [5.74, 6) is -1.88.